The van der Waals surface area contributed by atoms with E-state index in [1.807, 2.05) is 13.0 Å². The van der Waals surface area contributed by atoms with Crippen LogP contribution in [0, 0.1) is 6.92 Å². The highest BCUT2D eigenvalue weighted by Crippen LogP contribution is 2.23. The van der Waals surface area contributed by atoms with Crippen LogP contribution in [0.2, 0.25) is 5.02 Å². The van der Waals surface area contributed by atoms with Gasteiger partial charge >= 0.3 is 0 Å². The smallest absolute Gasteiger partial charge is 0.260 e. The molecule has 2 rings (SSSR count). The topological polar surface area (TPSA) is 51.2 Å². The molecule has 0 saturated carbocycles. The van der Waals surface area contributed by atoms with Gasteiger partial charge in [-0.15, -0.1) is 0 Å². The Morgan fingerprint density at radius 2 is 2.11 bits per heavy atom. The molecule has 0 saturated heterocycles. The molecule has 98 valence electrons. The largest absolute Gasteiger partial charge is 0.496 e. The van der Waals surface area contributed by atoms with Crippen LogP contribution in [-0.4, -0.2) is 18.0 Å². The number of benzene rings is 1. The Bertz CT molecular complexity index is 614. The van der Waals surface area contributed by atoms with Crippen LogP contribution in [0.1, 0.15) is 15.9 Å². The van der Waals surface area contributed by atoms with Crippen LogP contribution < -0.4 is 10.1 Å². The number of carbonyl (C=O) groups excluding carboxylic acids is 1. The molecule has 19 heavy (non-hydrogen) atoms. The maximum atomic E-state index is 12.1. The van der Waals surface area contributed by atoms with E-state index >= 15 is 0 Å². The molecule has 5 heteroatoms. The van der Waals surface area contributed by atoms with Crippen molar-refractivity contribution in [2.24, 2.45) is 0 Å². The summed E-state index contributed by atoms with van der Waals surface area (Å²) in [6.45, 7) is 1.93. The van der Waals surface area contributed by atoms with Crippen molar-refractivity contribution in [3.05, 3.63) is 52.7 Å². The maximum Gasteiger partial charge on any atom is 0.260 e. The van der Waals surface area contributed by atoms with Crippen LogP contribution in [0.5, 0.6) is 5.75 Å². The average molecular weight is 277 g/mol. The Morgan fingerprint density at radius 1 is 1.32 bits per heavy atom. The molecule has 4 nitrogen and oxygen atoms in total. The normalized spacial score (nSPS) is 10.1. The van der Waals surface area contributed by atoms with Crippen molar-refractivity contribution < 1.29 is 9.53 Å². The van der Waals surface area contributed by atoms with Gasteiger partial charge in [-0.2, -0.15) is 0 Å². The van der Waals surface area contributed by atoms with Crippen molar-refractivity contribution >= 4 is 23.3 Å². The summed E-state index contributed by atoms with van der Waals surface area (Å²) in [4.78, 5) is 16.2. The van der Waals surface area contributed by atoms with Gasteiger partial charge in [0.1, 0.15) is 11.6 Å². The zero-order valence-electron chi connectivity index (χ0n) is 10.6. The number of nitrogens with one attached hydrogen (secondary N) is 1. The fraction of sp³-hybridized carbons (Fsp3) is 0.143. The van der Waals surface area contributed by atoms with Crippen LogP contribution in [-0.2, 0) is 0 Å². The maximum absolute atomic E-state index is 12.1. The molecule has 0 atom stereocenters. The molecule has 0 aliphatic carbocycles. The van der Waals surface area contributed by atoms with Gasteiger partial charge in [-0.05, 0) is 42.8 Å². The number of aromatic nitrogens is 1. The van der Waals surface area contributed by atoms with Gasteiger partial charge in [0.15, 0.2) is 0 Å². The van der Waals surface area contributed by atoms with E-state index in [0.717, 1.165) is 5.56 Å². The third-order valence-electron chi connectivity index (χ3n) is 2.57. The summed E-state index contributed by atoms with van der Waals surface area (Å²) in [6.07, 6.45) is 1.64. The molecule has 0 bridgehead atoms. The molecule has 1 amide bonds. The predicted molar refractivity (Wildman–Crippen MR) is 74.9 cm³/mol. The van der Waals surface area contributed by atoms with E-state index in [-0.39, 0.29) is 5.91 Å². The van der Waals surface area contributed by atoms with Gasteiger partial charge in [-0.3, -0.25) is 4.79 Å². The minimum atomic E-state index is -0.286. The zero-order chi connectivity index (χ0) is 13.8. The number of hydrogen-bond donors (Lipinski definition) is 1. The van der Waals surface area contributed by atoms with E-state index in [9.17, 15) is 4.79 Å². The number of methoxy groups -OCH3 is 1. The number of pyridine rings is 1. The summed E-state index contributed by atoms with van der Waals surface area (Å²) in [7, 11) is 1.49. The standard InChI is InChI=1S/C14H13ClN2O2/c1-9-5-6-16-13(7-9)17-14(18)11-4-3-10(15)8-12(11)19-2/h3-8H,1-2H3,(H,16,17,18). The minimum Gasteiger partial charge on any atom is -0.496 e. The third kappa shape index (κ3) is 3.23. The highest BCUT2D eigenvalue weighted by Gasteiger charge is 2.13. The SMILES string of the molecule is COc1cc(Cl)ccc1C(=O)Nc1cc(C)ccn1. The molecule has 1 aromatic heterocycles. The molecular formula is C14H13ClN2O2. The molecular weight excluding hydrogens is 264 g/mol. The Balaban J connectivity index is 2.25. The monoisotopic (exact) mass is 276 g/mol. The molecule has 0 aliphatic rings. The molecule has 1 N–H and O–H groups in total. The zero-order valence-corrected chi connectivity index (χ0v) is 11.4. The van der Waals surface area contributed by atoms with Crippen molar-refractivity contribution in [3.63, 3.8) is 0 Å². The summed E-state index contributed by atoms with van der Waals surface area (Å²) in [5.41, 5.74) is 1.43. The Labute approximate surface area is 116 Å². The van der Waals surface area contributed by atoms with E-state index in [0.29, 0.717) is 22.2 Å². The molecule has 0 spiro atoms. The summed E-state index contributed by atoms with van der Waals surface area (Å²) in [6, 6.07) is 8.51. The fourth-order valence-electron chi connectivity index (χ4n) is 1.64. The van der Waals surface area contributed by atoms with Gasteiger partial charge in [0.05, 0.1) is 12.7 Å². The second-order valence-corrected chi connectivity index (χ2v) is 4.45. The molecule has 0 radical (unpaired) electrons. The number of rotatable bonds is 3. The lowest BCUT2D eigenvalue weighted by Gasteiger charge is -2.09. The Hall–Kier alpha value is -2.07. The van der Waals surface area contributed by atoms with Crippen LogP contribution in [0.3, 0.4) is 0 Å². The Kier molecular flexibility index (Phi) is 4.02. The number of carbonyl (C=O) groups is 1. The summed E-state index contributed by atoms with van der Waals surface area (Å²) >= 11 is 5.86. The van der Waals surface area contributed by atoms with Crippen LogP contribution in [0.15, 0.2) is 36.5 Å². The molecule has 0 unspecified atom stereocenters. The van der Waals surface area contributed by atoms with Gasteiger partial charge < -0.3 is 10.1 Å². The molecule has 1 heterocycles. The second kappa shape index (κ2) is 5.71. The van der Waals surface area contributed by atoms with Crippen LogP contribution in [0.4, 0.5) is 5.82 Å². The molecule has 1 aromatic carbocycles. The summed E-state index contributed by atoms with van der Waals surface area (Å²) < 4.78 is 5.14. The lowest BCUT2D eigenvalue weighted by atomic mass is 10.2. The van der Waals surface area contributed by atoms with Crippen LogP contribution in [0.25, 0.3) is 0 Å². The van der Waals surface area contributed by atoms with Gasteiger partial charge in [0, 0.05) is 11.2 Å². The number of anilines is 1. The number of hydrogen-bond acceptors (Lipinski definition) is 3. The number of halogens is 1. The van der Waals surface area contributed by atoms with Gasteiger partial charge in [0.25, 0.3) is 5.91 Å². The number of ether oxygens (including phenoxy) is 1. The lowest BCUT2D eigenvalue weighted by molar-refractivity contribution is 0.102. The minimum absolute atomic E-state index is 0.286. The first-order chi connectivity index (χ1) is 9.10. The van der Waals surface area contributed by atoms with Gasteiger partial charge in [-0.25, -0.2) is 4.98 Å². The van der Waals surface area contributed by atoms with E-state index in [1.54, 1.807) is 30.5 Å². The van der Waals surface area contributed by atoms with Gasteiger partial charge in [0.2, 0.25) is 0 Å². The first-order valence-corrected chi connectivity index (χ1v) is 6.05. The highest BCUT2D eigenvalue weighted by atomic mass is 35.5. The number of aryl methyl sites for hydroxylation is 1. The van der Waals surface area contributed by atoms with E-state index < -0.39 is 0 Å². The van der Waals surface area contributed by atoms with Crippen molar-refractivity contribution in [3.8, 4) is 5.75 Å². The van der Waals surface area contributed by atoms with Crippen molar-refractivity contribution in [1.82, 2.24) is 4.98 Å². The Morgan fingerprint density at radius 3 is 2.79 bits per heavy atom. The molecule has 0 fully saturated rings. The molecule has 2 aromatic rings. The summed E-state index contributed by atoms with van der Waals surface area (Å²) in [5.74, 6) is 0.645. The number of nitrogens with zero attached hydrogens (tertiary/aromatic N) is 1. The third-order valence-corrected chi connectivity index (χ3v) is 2.80. The van der Waals surface area contributed by atoms with E-state index in [2.05, 4.69) is 10.3 Å². The fourth-order valence-corrected chi connectivity index (χ4v) is 1.80. The van der Waals surface area contributed by atoms with Crippen LogP contribution >= 0.6 is 11.6 Å². The van der Waals surface area contributed by atoms with Crippen molar-refractivity contribution in [2.45, 2.75) is 6.92 Å². The van der Waals surface area contributed by atoms with Crippen molar-refractivity contribution in [2.75, 3.05) is 12.4 Å². The first kappa shape index (κ1) is 13.4. The quantitative estimate of drug-likeness (QED) is 0.936. The van der Waals surface area contributed by atoms with E-state index in [4.69, 9.17) is 16.3 Å². The first-order valence-electron chi connectivity index (χ1n) is 5.67. The van der Waals surface area contributed by atoms with Crippen molar-refractivity contribution in [1.29, 1.82) is 0 Å². The van der Waals surface area contributed by atoms with E-state index in [1.165, 1.54) is 7.11 Å². The highest BCUT2D eigenvalue weighted by molar-refractivity contribution is 6.31. The number of amides is 1. The second-order valence-electron chi connectivity index (χ2n) is 4.02. The lowest BCUT2D eigenvalue weighted by Crippen LogP contribution is -2.14. The predicted octanol–water partition coefficient (Wildman–Crippen LogP) is 3.30. The summed E-state index contributed by atoms with van der Waals surface area (Å²) in [5, 5.41) is 3.24. The molecule has 0 aliphatic heterocycles. The van der Waals surface area contributed by atoms with Gasteiger partial charge in [-0.1, -0.05) is 11.6 Å². The average Bonchev–Trinajstić information content (AvgIpc) is 2.38.